The molecule has 0 aliphatic carbocycles. The van der Waals surface area contributed by atoms with Crippen LogP contribution in [0.3, 0.4) is 0 Å². The van der Waals surface area contributed by atoms with Gasteiger partial charge in [0.2, 0.25) is 0 Å². The summed E-state index contributed by atoms with van der Waals surface area (Å²) in [5.74, 6) is 0.726. The number of halogens is 2. The van der Waals surface area contributed by atoms with Gasteiger partial charge < -0.3 is 14.5 Å². The topological polar surface area (TPSA) is 34.1 Å². The molecule has 3 rings (SSSR count). The standard InChI is InChI=1S/C19H20Cl2N2O2/c1-23-9-8-17(12-23)25-22-11-14-4-2-3-5-19(14)24-13-15-6-7-16(20)10-18(15)21/h2-7,10-11,17H,8-9,12-13H2,1H3/t17-/m0/s1. The minimum Gasteiger partial charge on any atom is -0.488 e. The molecule has 25 heavy (non-hydrogen) atoms. The number of benzene rings is 2. The van der Waals surface area contributed by atoms with Crippen molar-refractivity contribution in [1.29, 1.82) is 0 Å². The quantitative estimate of drug-likeness (QED) is 0.542. The summed E-state index contributed by atoms with van der Waals surface area (Å²) in [6.07, 6.45) is 2.85. The number of para-hydroxylation sites is 1. The van der Waals surface area contributed by atoms with Gasteiger partial charge in [-0.3, -0.25) is 0 Å². The van der Waals surface area contributed by atoms with Gasteiger partial charge >= 0.3 is 0 Å². The van der Waals surface area contributed by atoms with E-state index in [2.05, 4.69) is 17.1 Å². The smallest absolute Gasteiger partial charge is 0.141 e. The first kappa shape index (κ1) is 18.1. The average molecular weight is 379 g/mol. The van der Waals surface area contributed by atoms with Gasteiger partial charge in [0, 0.05) is 40.7 Å². The van der Waals surface area contributed by atoms with E-state index in [4.69, 9.17) is 32.8 Å². The molecule has 0 radical (unpaired) electrons. The summed E-state index contributed by atoms with van der Waals surface area (Å²) in [6.45, 7) is 2.31. The molecule has 1 atom stereocenters. The first-order valence-electron chi connectivity index (χ1n) is 8.15. The third-order valence-electron chi connectivity index (χ3n) is 4.07. The molecule has 0 aromatic heterocycles. The average Bonchev–Trinajstić information content (AvgIpc) is 3.00. The fraction of sp³-hybridized carbons (Fsp3) is 0.316. The Labute approximate surface area is 157 Å². The highest BCUT2D eigenvalue weighted by Gasteiger charge is 2.20. The summed E-state index contributed by atoms with van der Waals surface area (Å²) in [5.41, 5.74) is 1.74. The van der Waals surface area contributed by atoms with Gasteiger partial charge in [-0.25, -0.2) is 0 Å². The molecule has 0 bridgehead atoms. The van der Waals surface area contributed by atoms with Gasteiger partial charge in [0.25, 0.3) is 0 Å². The van der Waals surface area contributed by atoms with Crippen LogP contribution in [0.4, 0.5) is 0 Å². The predicted octanol–water partition coefficient (Wildman–Crippen LogP) is 4.63. The molecule has 2 aromatic carbocycles. The molecule has 1 fully saturated rings. The van der Waals surface area contributed by atoms with Crippen molar-refractivity contribution in [3.05, 3.63) is 63.6 Å². The zero-order valence-corrected chi connectivity index (χ0v) is 15.5. The molecule has 132 valence electrons. The third kappa shape index (κ3) is 5.11. The van der Waals surface area contributed by atoms with Crippen molar-refractivity contribution in [3.8, 4) is 5.75 Å². The van der Waals surface area contributed by atoms with E-state index >= 15 is 0 Å². The van der Waals surface area contributed by atoms with Gasteiger partial charge in [-0.2, -0.15) is 0 Å². The van der Waals surface area contributed by atoms with Crippen molar-refractivity contribution in [3.63, 3.8) is 0 Å². The number of nitrogens with zero attached hydrogens (tertiary/aromatic N) is 2. The Hall–Kier alpha value is -1.75. The summed E-state index contributed by atoms with van der Waals surface area (Å²) in [4.78, 5) is 7.79. The second-order valence-corrected chi connectivity index (χ2v) is 6.92. The molecule has 2 aromatic rings. The molecule has 1 aliphatic rings. The van der Waals surface area contributed by atoms with Crippen LogP contribution in [-0.2, 0) is 11.4 Å². The van der Waals surface area contributed by atoms with E-state index in [0.29, 0.717) is 16.7 Å². The molecule has 1 heterocycles. The Kier molecular flexibility index (Phi) is 6.19. The molecule has 0 unspecified atom stereocenters. The first-order chi connectivity index (χ1) is 12.1. The van der Waals surface area contributed by atoms with Crippen LogP contribution in [0.2, 0.25) is 10.0 Å². The SMILES string of the molecule is CN1CC[C@H](ON=Cc2ccccc2OCc2ccc(Cl)cc2Cl)C1. The zero-order valence-electron chi connectivity index (χ0n) is 14.0. The van der Waals surface area contributed by atoms with Crippen LogP contribution < -0.4 is 4.74 Å². The van der Waals surface area contributed by atoms with E-state index in [1.54, 1.807) is 18.3 Å². The fourth-order valence-electron chi connectivity index (χ4n) is 2.67. The summed E-state index contributed by atoms with van der Waals surface area (Å²) >= 11 is 12.1. The summed E-state index contributed by atoms with van der Waals surface area (Å²) in [5, 5.41) is 5.33. The largest absolute Gasteiger partial charge is 0.488 e. The highest BCUT2D eigenvalue weighted by atomic mass is 35.5. The molecular weight excluding hydrogens is 359 g/mol. The van der Waals surface area contributed by atoms with Crippen molar-refractivity contribution in [1.82, 2.24) is 4.90 Å². The van der Waals surface area contributed by atoms with Crippen molar-refractivity contribution >= 4 is 29.4 Å². The number of likely N-dealkylation sites (N-methyl/N-ethyl adjacent to an activating group) is 1. The number of oxime groups is 1. The molecule has 1 aliphatic heterocycles. The number of hydrogen-bond donors (Lipinski definition) is 0. The summed E-state index contributed by atoms with van der Waals surface area (Å²) < 4.78 is 5.90. The number of hydrogen-bond acceptors (Lipinski definition) is 4. The van der Waals surface area contributed by atoms with Crippen LogP contribution >= 0.6 is 23.2 Å². The number of rotatable bonds is 6. The lowest BCUT2D eigenvalue weighted by Crippen LogP contribution is -2.17. The van der Waals surface area contributed by atoms with Crippen LogP contribution in [0.25, 0.3) is 0 Å². The van der Waals surface area contributed by atoms with E-state index in [1.807, 2.05) is 30.3 Å². The molecule has 1 saturated heterocycles. The monoisotopic (exact) mass is 378 g/mol. The molecule has 0 N–H and O–H groups in total. The third-order valence-corrected chi connectivity index (χ3v) is 4.65. The highest BCUT2D eigenvalue weighted by molar-refractivity contribution is 6.35. The second kappa shape index (κ2) is 8.56. The van der Waals surface area contributed by atoms with Gasteiger partial charge in [-0.1, -0.05) is 46.6 Å². The molecule has 6 heteroatoms. The van der Waals surface area contributed by atoms with Crippen molar-refractivity contribution < 1.29 is 9.57 Å². The summed E-state index contributed by atoms with van der Waals surface area (Å²) in [6, 6.07) is 13.1. The van der Waals surface area contributed by atoms with Crippen molar-refractivity contribution in [2.24, 2.45) is 5.16 Å². The predicted molar refractivity (Wildman–Crippen MR) is 102 cm³/mol. The molecular formula is C19H20Cl2N2O2. The van der Waals surface area contributed by atoms with Gasteiger partial charge in [0.15, 0.2) is 0 Å². The van der Waals surface area contributed by atoms with E-state index in [-0.39, 0.29) is 6.10 Å². The second-order valence-electron chi connectivity index (χ2n) is 6.08. The van der Waals surface area contributed by atoms with Gasteiger partial charge in [0.1, 0.15) is 18.5 Å². The van der Waals surface area contributed by atoms with Crippen LogP contribution in [0.15, 0.2) is 47.6 Å². The minimum atomic E-state index is 0.155. The maximum absolute atomic E-state index is 6.19. The van der Waals surface area contributed by atoms with Crippen molar-refractivity contribution in [2.45, 2.75) is 19.1 Å². The lowest BCUT2D eigenvalue weighted by Gasteiger charge is -2.11. The van der Waals surface area contributed by atoms with Gasteiger partial charge in [0.05, 0.1) is 6.21 Å². The maximum atomic E-state index is 6.19. The van der Waals surface area contributed by atoms with Crippen LogP contribution in [0.1, 0.15) is 17.5 Å². The first-order valence-corrected chi connectivity index (χ1v) is 8.91. The maximum Gasteiger partial charge on any atom is 0.141 e. The number of likely N-dealkylation sites (tertiary alicyclic amines) is 1. The zero-order chi connectivity index (χ0) is 17.6. The molecule has 0 amide bonds. The lowest BCUT2D eigenvalue weighted by atomic mass is 10.2. The Bertz CT molecular complexity index is 752. The molecule has 4 nitrogen and oxygen atoms in total. The lowest BCUT2D eigenvalue weighted by molar-refractivity contribution is 0.0682. The Morgan fingerprint density at radius 1 is 1.24 bits per heavy atom. The Morgan fingerprint density at radius 2 is 2.08 bits per heavy atom. The van der Waals surface area contributed by atoms with Crippen molar-refractivity contribution in [2.75, 3.05) is 20.1 Å². The molecule has 0 spiro atoms. The highest BCUT2D eigenvalue weighted by Crippen LogP contribution is 2.24. The van der Waals surface area contributed by atoms with E-state index < -0.39 is 0 Å². The minimum absolute atomic E-state index is 0.155. The van der Waals surface area contributed by atoms with Crippen LogP contribution in [0.5, 0.6) is 5.75 Å². The van der Waals surface area contributed by atoms with Gasteiger partial charge in [-0.15, -0.1) is 0 Å². The Balaban J connectivity index is 1.62. The normalized spacial score (nSPS) is 18.0. The summed E-state index contributed by atoms with van der Waals surface area (Å²) in [7, 11) is 2.08. The van der Waals surface area contributed by atoms with E-state index in [0.717, 1.165) is 36.4 Å². The molecule has 0 saturated carbocycles. The van der Waals surface area contributed by atoms with Crippen LogP contribution in [0, 0.1) is 0 Å². The van der Waals surface area contributed by atoms with E-state index in [1.165, 1.54) is 0 Å². The van der Waals surface area contributed by atoms with Gasteiger partial charge in [-0.05, 0) is 31.3 Å². The Morgan fingerprint density at radius 3 is 2.84 bits per heavy atom. The fourth-order valence-corrected chi connectivity index (χ4v) is 3.13. The van der Waals surface area contributed by atoms with Crippen LogP contribution in [-0.4, -0.2) is 37.4 Å². The van der Waals surface area contributed by atoms with E-state index in [9.17, 15) is 0 Å². The number of ether oxygens (including phenoxy) is 1.